The lowest BCUT2D eigenvalue weighted by atomic mass is 9.94. The normalized spacial score (nSPS) is 15.7. The zero-order valence-electron chi connectivity index (χ0n) is 11.8. The Hall–Kier alpha value is -1.63. The lowest BCUT2D eigenvalue weighted by Crippen LogP contribution is -2.38. The number of carbonyl (C=O) groups excluding carboxylic acids is 1. The van der Waals surface area contributed by atoms with Gasteiger partial charge in [0.15, 0.2) is 0 Å². The fourth-order valence-corrected chi connectivity index (χ4v) is 3.16. The Morgan fingerprint density at radius 1 is 1.38 bits per heavy atom. The largest absolute Gasteiger partial charge is 0.397 e. The monoisotopic (exact) mass is 355 g/mol. The van der Waals surface area contributed by atoms with Crippen molar-refractivity contribution in [2.24, 2.45) is 0 Å². The Morgan fingerprint density at radius 3 is 2.57 bits per heavy atom. The molecule has 0 spiro atoms. The molecule has 1 saturated carbocycles. The van der Waals surface area contributed by atoms with Crippen LogP contribution in [-0.2, 0) is 0 Å². The maximum absolute atomic E-state index is 12.6. The summed E-state index contributed by atoms with van der Waals surface area (Å²) in [5.74, 6) is -0.260. The van der Waals surface area contributed by atoms with E-state index in [0.29, 0.717) is 4.47 Å². The molecule has 21 heavy (non-hydrogen) atoms. The first-order valence-electron chi connectivity index (χ1n) is 6.92. The molecule has 1 aromatic rings. The number of rotatable bonds is 3. The van der Waals surface area contributed by atoms with Crippen molar-refractivity contribution in [2.45, 2.75) is 38.1 Å². The van der Waals surface area contributed by atoms with Crippen LogP contribution < -0.4 is 5.73 Å². The Kier molecular flexibility index (Phi) is 4.82. The summed E-state index contributed by atoms with van der Waals surface area (Å²) in [5.41, 5.74) is 6.19. The second kappa shape index (κ2) is 6.43. The van der Waals surface area contributed by atoms with Gasteiger partial charge in [-0.3, -0.25) is 14.9 Å². The third kappa shape index (κ3) is 3.34. The zero-order chi connectivity index (χ0) is 15.6. The number of hydrogen-bond donors (Lipinski definition) is 1. The van der Waals surface area contributed by atoms with E-state index in [9.17, 15) is 14.9 Å². The minimum Gasteiger partial charge on any atom is -0.397 e. The van der Waals surface area contributed by atoms with Crippen LogP contribution in [0.2, 0.25) is 0 Å². The number of halogens is 1. The smallest absolute Gasteiger partial charge is 0.271 e. The van der Waals surface area contributed by atoms with E-state index < -0.39 is 4.92 Å². The summed E-state index contributed by atoms with van der Waals surface area (Å²) in [6.45, 7) is 0. The van der Waals surface area contributed by atoms with E-state index in [4.69, 9.17) is 5.73 Å². The highest BCUT2D eigenvalue weighted by Gasteiger charge is 2.26. The number of anilines is 1. The summed E-state index contributed by atoms with van der Waals surface area (Å²) in [6, 6.07) is 2.75. The van der Waals surface area contributed by atoms with Gasteiger partial charge in [0.25, 0.3) is 11.6 Å². The van der Waals surface area contributed by atoms with Crippen molar-refractivity contribution < 1.29 is 9.72 Å². The molecule has 1 fully saturated rings. The second-order valence-corrected chi connectivity index (χ2v) is 6.21. The van der Waals surface area contributed by atoms with E-state index in [1.165, 1.54) is 18.6 Å². The number of benzene rings is 1. The molecule has 114 valence electrons. The molecule has 1 aliphatic carbocycles. The Bertz CT molecular complexity index is 571. The highest BCUT2D eigenvalue weighted by Crippen LogP contribution is 2.31. The average molecular weight is 356 g/mol. The van der Waals surface area contributed by atoms with Crippen molar-refractivity contribution in [2.75, 3.05) is 12.8 Å². The van der Waals surface area contributed by atoms with E-state index >= 15 is 0 Å². The molecular weight excluding hydrogens is 338 g/mol. The summed E-state index contributed by atoms with van der Waals surface area (Å²) >= 11 is 3.18. The maximum atomic E-state index is 12.6. The van der Waals surface area contributed by atoms with Crippen LogP contribution in [0.3, 0.4) is 0 Å². The van der Waals surface area contributed by atoms with Gasteiger partial charge in [0, 0.05) is 29.7 Å². The molecule has 0 atom stereocenters. The fourth-order valence-electron chi connectivity index (χ4n) is 2.71. The van der Waals surface area contributed by atoms with Gasteiger partial charge >= 0.3 is 0 Å². The Labute approximate surface area is 131 Å². The first-order chi connectivity index (χ1) is 9.91. The third-order valence-corrected chi connectivity index (χ3v) is 4.65. The lowest BCUT2D eigenvalue weighted by molar-refractivity contribution is -0.384. The fraction of sp³-hybridized carbons (Fsp3) is 0.500. The zero-order valence-corrected chi connectivity index (χ0v) is 13.4. The van der Waals surface area contributed by atoms with Gasteiger partial charge < -0.3 is 10.6 Å². The van der Waals surface area contributed by atoms with Gasteiger partial charge in [-0.1, -0.05) is 19.3 Å². The molecule has 0 radical (unpaired) electrons. The third-order valence-electron chi connectivity index (χ3n) is 4.00. The van der Waals surface area contributed by atoms with Crippen LogP contribution in [0.25, 0.3) is 0 Å². The predicted molar refractivity (Wildman–Crippen MR) is 84.2 cm³/mol. The number of non-ortho nitro benzene ring substituents is 1. The average Bonchev–Trinajstić information content (AvgIpc) is 2.49. The van der Waals surface area contributed by atoms with Gasteiger partial charge in [-0.2, -0.15) is 0 Å². The molecule has 6 nitrogen and oxygen atoms in total. The molecule has 0 saturated heterocycles. The standard InChI is InChI=1S/C14H18BrN3O3/c1-17(9-5-3-2-4-6-9)14(19)11-7-10(18(20)21)8-12(15)13(11)16/h7-9H,2-6,16H2,1H3. The second-order valence-electron chi connectivity index (χ2n) is 5.35. The lowest BCUT2D eigenvalue weighted by Gasteiger charge is -2.31. The van der Waals surface area contributed by atoms with Gasteiger partial charge in [-0.15, -0.1) is 0 Å². The Balaban J connectivity index is 2.31. The van der Waals surface area contributed by atoms with E-state index in [0.717, 1.165) is 25.7 Å². The van der Waals surface area contributed by atoms with Crippen molar-refractivity contribution in [1.29, 1.82) is 0 Å². The van der Waals surface area contributed by atoms with Crippen LogP contribution in [0.15, 0.2) is 16.6 Å². The van der Waals surface area contributed by atoms with E-state index in [1.54, 1.807) is 11.9 Å². The summed E-state index contributed by atoms with van der Waals surface area (Å²) in [4.78, 5) is 24.7. The van der Waals surface area contributed by atoms with Crippen molar-refractivity contribution in [1.82, 2.24) is 4.90 Å². The van der Waals surface area contributed by atoms with Crippen LogP contribution in [0.4, 0.5) is 11.4 Å². The van der Waals surface area contributed by atoms with Gasteiger partial charge in [-0.05, 0) is 28.8 Å². The van der Waals surface area contributed by atoms with Crippen LogP contribution in [0, 0.1) is 10.1 Å². The van der Waals surface area contributed by atoms with E-state index in [1.807, 2.05) is 0 Å². The van der Waals surface area contributed by atoms with Gasteiger partial charge in [-0.25, -0.2) is 0 Å². The number of hydrogen-bond acceptors (Lipinski definition) is 4. The molecule has 7 heteroatoms. The van der Waals surface area contributed by atoms with Crippen LogP contribution in [0.5, 0.6) is 0 Å². The van der Waals surface area contributed by atoms with Crippen molar-refractivity contribution in [3.8, 4) is 0 Å². The van der Waals surface area contributed by atoms with Crippen LogP contribution >= 0.6 is 15.9 Å². The molecular formula is C14H18BrN3O3. The molecule has 0 heterocycles. The van der Waals surface area contributed by atoms with Crippen LogP contribution in [-0.4, -0.2) is 28.8 Å². The summed E-state index contributed by atoms with van der Waals surface area (Å²) in [5, 5.41) is 10.9. The Morgan fingerprint density at radius 2 is 2.00 bits per heavy atom. The molecule has 0 aromatic heterocycles. The van der Waals surface area contributed by atoms with E-state index in [-0.39, 0.29) is 28.9 Å². The minimum absolute atomic E-state index is 0.142. The molecule has 0 unspecified atom stereocenters. The first kappa shape index (κ1) is 15.8. The van der Waals surface area contributed by atoms with E-state index in [2.05, 4.69) is 15.9 Å². The van der Waals surface area contributed by atoms with Crippen molar-refractivity contribution >= 4 is 33.2 Å². The number of nitro benzene ring substituents is 1. The number of nitrogens with zero attached hydrogens (tertiary/aromatic N) is 2. The quantitative estimate of drug-likeness (QED) is 0.511. The number of carbonyl (C=O) groups is 1. The number of nitrogen functional groups attached to an aromatic ring is 1. The molecule has 1 aromatic carbocycles. The van der Waals surface area contributed by atoms with Crippen molar-refractivity contribution in [3.05, 3.63) is 32.3 Å². The topological polar surface area (TPSA) is 89.5 Å². The molecule has 1 amide bonds. The first-order valence-corrected chi connectivity index (χ1v) is 7.71. The predicted octanol–water partition coefficient (Wildman–Crippen LogP) is 3.34. The van der Waals surface area contributed by atoms with Gasteiger partial charge in [0.1, 0.15) is 0 Å². The molecule has 1 aliphatic rings. The van der Waals surface area contributed by atoms with Crippen molar-refractivity contribution in [3.63, 3.8) is 0 Å². The summed E-state index contributed by atoms with van der Waals surface area (Å²) < 4.78 is 0.372. The highest BCUT2D eigenvalue weighted by atomic mass is 79.9. The number of nitro groups is 1. The highest BCUT2D eigenvalue weighted by molar-refractivity contribution is 9.10. The SMILES string of the molecule is CN(C(=O)c1cc([N+](=O)[O-])cc(Br)c1N)C1CCCCC1. The number of amides is 1. The molecule has 0 bridgehead atoms. The maximum Gasteiger partial charge on any atom is 0.271 e. The summed E-state index contributed by atoms with van der Waals surface area (Å²) in [6.07, 6.45) is 5.35. The van der Waals surface area contributed by atoms with Gasteiger partial charge in [0.2, 0.25) is 0 Å². The molecule has 2 N–H and O–H groups in total. The van der Waals surface area contributed by atoms with Crippen LogP contribution in [0.1, 0.15) is 42.5 Å². The minimum atomic E-state index is -0.526. The number of nitrogens with two attached hydrogens (primary N) is 1. The summed E-state index contributed by atoms with van der Waals surface area (Å²) in [7, 11) is 1.74. The molecule has 0 aliphatic heterocycles. The van der Waals surface area contributed by atoms with Gasteiger partial charge in [0.05, 0.1) is 16.2 Å². The molecule has 2 rings (SSSR count).